The fraction of sp³-hybridized carbons (Fsp3) is 0.533. The summed E-state index contributed by atoms with van der Waals surface area (Å²) in [5, 5.41) is 5.84. The Kier molecular flexibility index (Phi) is 3.50. The monoisotopic (exact) mass is 274 g/mol. The first kappa shape index (κ1) is 13.5. The van der Waals surface area contributed by atoms with Gasteiger partial charge in [0.05, 0.1) is 22.9 Å². The van der Waals surface area contributed by atoms with E-state index in [-0.39, 0.29) is 11.6 Å². The summed E-state index contributed by atoms with van der Waals surface area (Å²) in [7, 11) is 3.76. The molecule has 0 saturated heterocycles. The van der Waals surface area contributed by atoms with Crippen LogP contribution in [0, 0.1) is 0 Å². The van der Waals surface area contributed by atoms with Crippen LogP contribution in [0.1, 0.15) is 25.0 Å². The van der Waals surface area contributed by atoms with E-state index in [0.29, 0.717) is 0 Å². The third-order valence-electron chi connectivity index (χ3n) is 4.67. The summed E-state index contributed by atoms with van der Waals surface area (Å²) in [4.78, 5) is 0. The minimum absolute atomic E-state index is 0.0968. The van der Waals surface area contributed by atoms with Crippen LogP contribution in [-0.4, -0.2) is 28.5 Å². The lowest BCUT2D eigenvalue weighted by atomic mass is 9.73. The zero-order valence-corrected chi connectivity index (χ0v) is 12.1. The molecule has 108 valence electrons. The van der Waals surface area contributed by atoms with Crippen molar-refractivity contribution in [1.82, 2.24) is 15.2 Å². The van der Waals surface area contributed by atoms with Crippen molar-refractivity contribution >= 4 is 10.9 Å². The summed E-state index contributed by atoms with van der Waals surface area (Å²) < 4.78 is 7.67. The molecule has 1 aliphatic carbocycles. The van der Waals surface area contributed by atoms with Crippen molar-refractivity contribution in [3.8, 4) is 0 Å². The number of benzene rings is 1. The van der Waals surface area contributed by atoms with Crippen LogP contribution < -0.4 is 11.3 Å². The molecule has 1 heterocycles. The number of aryl methyl sites for hydroxylation is 1. The average Bonchev–Trinajstić information content (AvgIpc) is 2.74. The Morgan fingerprint density at radius 3 is 2.80 bits per heavy atom. The van der Waals surface area contributed by atoms with Crippen LogP contribution in [0.25, 0.3) is 10.9 Å². The molecule has 5 nitrogen and oxygen atoms in total. The van der Waals surface area contributed by atoms with Crippen LogP contribution in [0.15, 0.2) is 24.3 Å². The van der Waals surface area contributed by atoms with Crippen molar-refractivity contribution in [3.05, 3.63) is 30.0 Å². The Morgan fingerprint density at radius 2 is 2.20 bits per heavy atom. The van der Waals surface area contributed by atoms with E-state index < -0.39 is 0 Å². The van der Waals surface area contributed by atoms with Crippen molar-refractivity contribution in [3.63, 3.8) is 0 Å². The fourth-order valence-electron chi connectivity index (χ4n) is 3.25. The number of nitrogens with zero attached hydrogens (tertiary/aromatic N) is 2. The van der Waals surface area contributed by atoms with Gasteiger partial charge in [0.15, 0.2) is 0 Å². The number of para-hydroxylation sites is 1. The van der Waals surface area contributed by atoms with Crippen LogP contribution in [0.4, 0.5) is 0 Å². The van der Waals surface area contributed by atoms with Gasteiger partial charge in [-0.25, -0.2) is 0 Å². The van der Waals surface area contributed by atoms with Crippen molar-refractivity contribution in [2.75, 3.05) is 7.11 Å². The Labute approximate surface area is 119 Å². The largest absolute Gasteiger partial charge is 0.377 e. The Hall–Kier alpha value is -1.43. The van der Waals surface area contributed by atoms with Crippen molar-refractivity contribution in [2.45, 2.75) is 37.3 Å². The van der Waals surface area contributed by atoms with Gasteiger partial charge in [-0.05, 0) is 25.3 Å². The zero-order chi connectivity index (χ0) is 14.2. The molecule has 3 N–H and O–H groups in total. The van der Waals surface area contributed by atoms with Crippen LogP contribution >= 0.6 is 0 Å². The summed E-state index contributed by atoms with van der Waals surface area (Å²) in [5.74, 6) is 5.78. The molecule has 0 bridgehead atoms. The van der Waals surface area contributed by atoms with Crippen molar-refractivity contribution in [1.29, 1.82) is 0 Å². The maximum atomic E-state index is 5.78. The first-order chi connectivity index (χ1) is 9.70. The third-order valence-corrected chi connectivity index (χ3v) is 4.67. The highest BCUT2D eigenvalue weighted by molar-refractivity contribution is 5.81. The fourth-order valence-corrected chi connectivity index (χ4v) is 3.25. The van der Waals surface area contributed by atoms with E-state index in [0.717, 1.165) is 30.5 Å². The van der Waals surface area contributed by atoms with Crippen LogP contribution in [0.5, 0.6) is 0 Å². The van der Waals surface area contributed by atoms with Gasteiger partial charge in [-0.2, -0.15) is 5.10 Å². The van der Waals surface area contributed by atoms with E-state index in [9.17, 15) is 0 Å². The van der Waals surface area contributed by atoms with Crippen molar-refractivity contribution in [2.24, 2.45) is 12.9 Å². The number of hydrazine groups is 1. The normalized spacial score (nSPS) is 18.9. The number of aromatic nitrogens is 2. The molecule has 1 unspecified atom stereocenters. The number of methoxy groups -OCH3 is 1. The lowest BCUT2D eigenvalue weighted by Crippen LogP contribution is -2.59. The summed E-state index contributed by atoms with van der Waals surface area (Å²) in [5.41, 5.74) is 5.04. The van der Waals surface area contributed by atoms with Gasteiger partial charge >= 0.3 is 0 Å². The Balaban J connectivity index is 1.92. The highest BCUT2D eigenvalue weighted by Crippen LogP contribution is 2.39. The van der Waals surface area contributed by atoms with Crippen molar-refractivity contribution < 1.29 is 4.74 Å². The second kappa shape index (κ2) is 5.16. The summed E-state index contributed by atoms with van der Waals surface area (Å²) >= 11 is 0. The highest BCUT2D eigenvalue weighted by Gasteiger charge is 2.44. The molecule has 5 heteroatoms. The molecule has 1 aliphatic rings. The number of hydrogen-bond donors (Lipinski definition) is 2. The van der Waals surface area contributed by atoms with Gasteiger partial charge in [0, 0.05) is 26.0 Å². The lowest BCUT2D eigenvalue weighted by molar-refractivity contribution is -0.0983. The third kappa shape index (κ3) is 2.02. The number of ether oxygens (including phenoxy) is 1. The maximum absolute atomic E-state index is 5.78. The van der Waals surface area contributed by atoms with Crippen LogP contribution in [0.3, 0.4) is 0 Å². The molecule has 0 amide bonds. The highest BCUT2D eigenvalue weighted by atomic mass is 16.5. The summed E-state index contributed by atoms with van der Waals surface area (Å²) in [6.07, 6.45) is 4.10. The molecule has 1 atom stereocenters. The number of nitrogens with one attached hydrogen (secondary N) is 1. The minimum atomic E-state index is -0.132. The van der Waals surface area contributed by atoms with E-state index >= 15 is 0 Å². The molecule has 1 saturated carbocycles. The molecule has 20 heavy (non-hydrogen) atoms. The van der Waals surface area contributed by atoms with E-state index in [1.807, 2.05) is 23.9 Å². The van der Waals surface area contributed by atoms with Gasteiger partial charge in [-0.15, -0.1) is 0 Å². The Bertz CT molecular complexity index is 597. The molecule has 1 fully saturated rings. The standard InChI is InChI=1S/C15H22N4O/c1-19-13-7-4-3-6-11(13)12(18-19)10-14(17-16)15(20-2)8-5-9-15/h3-4,6-7,14,17H,5,8-10,16H2,1-2H3. The quantitative estimate of drug-likeness (QED) is 0.641. The summed E-state index contributed by atoms with van der Waals surface area (Å²) in [6, 6.07) is 8.39. The van der Waals surface area contributed by atoms with E-state index in [2.05, 4.69) is 22.7 Å². The van der Waals surface area contributed by atoms with Gasteiger partial charge in [-0.1, -0.05) is 18.2 Å². The van der Waals surface area contributed by atoms with Gasteiger partial charge in [0.2, 0.25) is 0 Å². The molecule has 3 rings (SSSR count). The average molecular weight is 274 g/mol. The number of rotatable bonds is 5. The second-order valence-electron chi connectivity index (χ2n) is 5.63. The minimum Gasteiger partial charge on any atom is -0.377 e. The lowest BCUT2D eigenvalue weighted by Gasteiger charge is -2.46. The first-order valence-electron chi connectivity index (χ1n) is 7.12. The van der Waals surface area contributed by atoms with Gasteiger partial charge in [-0.3, -0.25) is 16.0 Å². The smallest absolute Gasteiger partial charge is 0.0848 e. The Morgan fingerprint density at radius 1 is 1.45 bits per heavy atom. The number of hydrogen-bond acceptors (Lipinski definition) is 4. The summed E-state index contributed by atoms with van der Waals surface area (Å²) in [6.45, 7) is 0. The second-order valence-corrected chi connectivity index (χ2v) is 5.63. The van der Waals surface area contributed by atoms with Crippen LogP contribution in [-0.2, 0) is 18.2 Å². The molecular weight excluding hydrogens is 252 g/mol. The van der Waals surface area contributed by atoms with Gasteiger partial charge in [0.1, 0.15) is 0 Å². The molecule has 1 aromatic carbocycles. The molecule has 0 aliphatic heterocycles. The topological polar surface area (TPSA) is 65.1 Å². The van der Waals surface area contributed by atoms with Crippen LogP contribution in [0.2, 0.25) is 0 Å². The van der Waals surface area contributed by atoms with Gasteiger partial charge < -0.3 is 4.74 Å². The molecule has 0 spiro atoms. The maximum Gasteiger partial charge on any atom is 0.0848 e. The van der Waals surface area contributed by atoms with Gasteiger partial charge in [0.25, 0.3) is 0 Å². The first-order valence-corrected chi connectivity index (χ1v) is 7.12. The predicted octanol–water partition coefficient (Wildman–Crippen LogP) is 1.52. The van der Waals surface area contributed by atoms with E-state index in [1.54, 1.807) is 7.11 Å². The SMILES string of the molecule is COC1(C(Cc2nn(C)c3ccccc23)NN)CCC1. The molecular formula is C15H22N4O. The number of nitrogens with two attached hydrogens (primary N) is 1. The molecule has 2 aromatic rings. The van der Waals surface area contributed by atoms with E-state index in [1.165, 1.54) is 11.8 Å². The predicted molar refractivity (Wildman–Crippen MR) is 79.1 cm³/mol. The zero-order valence-electron chi connectivity index (χ0n) is 12.1. The molecule has 0 radical (unpaired) electrons. The number of fused-ring (bicyclic) bond motifs is 1. The van der Waals surface area contributed by atoms with E-state index in [4.69, 9.17) is 10.6 Å². The molecule has 1 aromatic heterocycles.